The predicted molar refractivity (Wildman–Crippen MR) is 100 cm³/mol. The van der Waals surface area contributed by atoms with Gasteiger partial charge in [-0.3, -0.25) is 19.3 Å². The number of carbonyl (C=O) groups is 3. The Morgan fingerprint density at radius 1 is 1.07 bits per heavy atom. The zero-order valence-corrected chi connectivity index (χ0v) is 16.0. The van der Waals surface area contributed by atoms with Gasteiger partial charge in [-0.1, -0.05) is 13.8 Å². The summed E-state index contributed by atoms with van der Waals surface area (Å²) in [5.41, 5.74) is 0.547. The quantitative estimate of drug-likeness (QED) is 0.776. The predicted octanol–water partition coefficient (Wildman–Crippen LogP) is 1.07. The summed E-state index contributed by atoms with van der Waals surface area (Å²) < 4.78 is 12.9. The number of rotatable bonds is 6. The first kappa shape index (κ1) is 20.8. The lowest BCUT2D eigenvalue weighted by Gasteiger charge is -2.36. The standard InChI is InChI=1S/C19H27FN4O3/c1-13(2)18(21-14(3)25)19(27)24-10-8-23(9-11-24)12-17(26)22-16-6-4-15(20)5-7-16/h4-7,13,18H,8-12H2,1-3H3,(H,21,25)(H,22,26). The molecular weight excluding hydrogens is 351 g/mol. The van der Waals surface area contributed by atoms with Crippen molar-refractivity contribution in [1.29, 1.82) is 0 Å². The zero-order chi connectivity index (χ0) is 20.0. The number of benzene rings is 1. The molecule has 0 bridgehead atoms. The van der Waals surface area contributed by atoms with E-state index < -0.39 is 6.04 Å². The van der Waals surface area contributed by atoms with Crippen LogP contribution in [0.25, 0.3) is 0 Å². The van der Waals surface area contributed by atoms with Gasteiger partial charge in [0.15, 0.2) is 0 Å². The largest absolute Gasteiger partial charge is 0.344 e. The Kier molecular flexibility index (Phi) is 7.29. The highest BCUT2D eigenvalue weighted by Gasteiger charge is 2.30. The Bertz CT molecular complexity index is 670. The molecule has 1 saturated heterocycles. The highest BCUT2D eigenvalue weighted by molar-refractivity contribution is 5.92. The second-order valence-electron chi connectivity index (χ2n) is 7.08. The van der Waals surface area contributed by atoms with Crippen LogP contribution in [0, 0.1) is 11.7 Å². The molecule has 0 aromatic heterocycles. The molecule has 0 spiro atoms. The molecule has 1 heterocycles. The SMILES string of the molecule is CC(=O)NC(C(=O)N1CCN(CC(=O)Nc2ccc(F)cc2)CC1)C(C)C. The first-order valence-corrected chi connectivity index (χ1v) is 9.10. The summed E-state index contributed by atoms with van der Waals surface area (Å²) in [6.07, 6.45) is 0. The van der Waals surface area contributed by atoms with E-state index in [0.717, 1.165) is 0 Å². The highest BCUT2D eigenvalue weighted by atomic mass is 19.1. The molecule has 3 amide bonds. The molecule has 2 rings (SSSR count). The minimum absolute atomic E-state index is 0.000849. The molecule has 0 radical (unpaired) electrons. The van der Waals surface area contributed by atoms with E-state index in [4.69, 9.17) is 0 Å². The van der Waals surface area contributed by atoms with Gasteiger partial charge in [-0.05, 0) is 30.2 Å². The maximum Gasteiger partial charge on any atom is 0.245 e. The van der Waals surface area contributed by atoms with E-state index in [2.05, 4.69) is 10.6 Å². The van der Waals surface area contributed by atoms with Gasteiger partial charge in [-0.15, -0.1) is 0 Å². The maximum absolute atomic E-state index is 12.9. The molecule has 1 atom stereocenters. The van der Waals surface area contributed by atoms with Gasteiger partial charge in [0.1, 0.15) is 11.9 Å². The van der Waals surface area contributed by atoms with Crippen molar-refractivity contribution in [2.24, 2.45) is 5.92 Å². The topological polar surface area (TPSA) is 81.8 Å². The lowest BCUT2D eigenvalue weighted by atomic mass is 10.0. The number of anilines is 1. The molecule has 1 fully saturated rings. The molecule has 2 N–H and O–H groups in total. The minimum Gasteiger partial charge on any atom is -0.344 e. The minimum atomic E-state index is -0.532. The van der Waals surface area contributed by atoms with E-state index in [1.165, 1.54) is 31.2 Å². The fourth-order valence-corrected chi connectivity index (χ4v) is 2.99. The van der Waals surface area contributed by atoms with Gasteiger partial charge >= 0.3 is 0 Å². The second kappa shape index (κ2) is 9.45. The molecular formula is C19H27FN4O3. The third-order valence-corrected chi connectivity index (χ3v) is 4.47. The van der Waals surface area contributed by atoms with Crippen LogP contribution in [0.5, 0.6) is 0 Å². The summed E-state index contributed by atoms with van der Waals surface area (Å²) >= 11 is 0. The monoisotopic (exact) mass is 378 g/mol. The molecule has 1 aliphatic rings. The van der Waals surface area contributed by atoms with Crippen molar-refractivity contribution in [3.8, 4) is 0 Å². The first-order valence-electron chi connectivity index (χ1n) is 9.10. The number of hydrogen-bond acceptors (Lipinski definition) is 4. The van der Waals surface area contributed by atoms with Gasteiger partial charge < -0.3 is 15.5 Å². The van der Waals surface area contributed by atoms with Gasteiger partial charge in [0.05, 0.1) is 6.54 Å². The molecule has 7 nitrogen and oxygen atoms in total. The summed E-state index contributed by atoms with van der Waals surface area (Å²) in [6, 6.07) is 5.08. The Hall–Kier alpha value is -2.48. The van der Waals surface area contributed by atoms with Crippen LogP contribution in [-0.2, 0) is 14.4 Å². The number of halogens is 1. The Balaban J connectivity index is 1.81. The van der Waals surface area contributed by atoms with Crippen molar-refractivity contribution >= 4 is 23.4 Å². The molecule has 148 valence electrons. The third kappa shape index (κ3) is 6.32. The molecule has 0 aliphatic carbocycles. The van der Waals surface area contributed by atoms with Gasteiger partial charge in [-0.25, -0.2) is 4.39 Å². The van der Waals surface area contributed by atoms with Crippen LogP contribution >= 0.6 is 0 Å². The van der Waals surface area contributed by atoms with Crippen LogP contribution in [0.2, 0.25) is 0 Å². The van der Waals surface area contributed by atoms with E-state index in [1.807, 2.05) is 18.7 Å². The maximum atomic E-state index is 12.9. The Morgan fingerprint density at radius 2 is 1.67 bits per heavy atom. The fourth-order valence-electron chi connectivity index (χ4n) is 2.99. The molecule has 1 aromatic carbocycles. The van der Waals surface area contributed by atoms with Crippen LogP contribution in [0.15, 0.2) is 24.3 Å². The molecule has 8 heteroatoms. The average Bonchev–Trinajstić information content (AvgIpc) is 2.61. The Morgan fingerprint density at radius 3 is 2.19 bits per heavy atom. The molecule has 0 saturated carbocycles. The van der Waals surface area contributed by atoms with Crippen molar-refractivity contribution in [2.75, 3.05) is 38.0 Å². The van der Waals surface area contributed by atoms with Gasteiger partial charge in [0.25, 0.3) is 0 Å². The molecule has 1 aromatic rings. The van der Waals surface area contributed by atoms with Crippen LogP contribution in [0.3, 0.4) is 0 Å². The van der Waals surface area contributed by atoms with Gasteiger partial charge in [-0.2, -0.15) is 0 Å². The van der Waals surface area contributed by atoms with E-state index >= 15 is 0 Å². The van der Waals surface area contributed by atoms with E-state index in [0.29, 0.717) is 31.9 Å². The highest BCUT2D eigenvalue weighted by Crippen LogP contribution is 2.11. The van der Waals surface area contributed by atoms with Crippen LogP contribution in [0.1, 0.15) is 20.8 Å². The van der Waals surface area contributed by atoms with Crippen molar-refractivity contribution in [2.45, 2.75) is 26.8 Å². The van der Waals surface area contributed by atoms with Crippen LogP contribution < -0.4 is 10.6 Å². The average molecular weight is 378 g/mol. The van der Waals surface area contributed by atoms with E-state index in [-0.39, 0.29) is 36.0 Å². The number of carbonyl (C=O) groups excluding carboxylic acids is 3. The van der Waals surface area contributed by atoms with Crippen LogP contribution in [-0.4, -0.2) is 66.3 Å². The number of amides is 3. The zero-order valence-electron chi connectivity index (χ0n) is 16.0. The Labute approximate surface area is 158 Å². The van der Waals surface area contributed by atoms with Crippen molar-refractivity contribution in [3.63, 3.8) is 0 Å². The summed E-state index contributed by atoms with van der Waals surface area (Å²) in [7, 11) is 0. The van der Waals surface area contributed by atoms with Crippen molar-refractivity contribution in [1.82, 2.24) is 15.1 Å². The third-order valence-electron chi connectivity index (χ3n) is 4.47. The molecule has 1 aliphatic heterocycles. The first-order chi connectivity index (χ1) is 12.8. The van der Waals surface area contributed by atoms with E-state index in [1.54, 1.807) is 4.90 Å². The summed E-state index contributed by atoms with van der Waals surface area (Å²) in [5, 5.41) is 5.45. The lowest BCUT2D eigenvalue weighted by Crippen LogP contribution is -2.56. The smallest absolute Gasteiger partial charge is 0.245 e. The fraction of sp³-hybridized carbons (Fsp3) is 0.526. The lowest BCUT2D eigenvalue weighted by molar-refractivity contribution is -0.139. The second-order valence-corrected chi connectivity index (χ2v) is 7.08. The van der Waals surface area contributed by atoms with Gasteiger partial charge in [0, 0.05) is 38.8 Å². The van der Waals surface area contributed by atoms with Gasteiger partial charge in [0.2, 0.25) is 17.7 Å². The normalized spacial score (nSPS) is 16.1. The van der Waals surface area contributed by atoms with E-state index in [9.17, 15) is 18.8 Å². The number of nitrogens with one attached hydrogen (secondary N) is 2. The summed E-state index contributed by atoms with van der Waals surface area (Å²) in [5.74, 6) is -0.845. The summed E-state index contributed by atoms with van der Waals surface area (Å²) in [4.78, 5) is 39.8. The number of hydrogen-bond donors (Lipinski definition) is 2. The summed E-state index contributed by atoms with van der Waals surface area (Å²) in [6.45, 7) is 7.57. The van der Waals surface area contributed by atoms with Crippen LogP contribution in [0.4, 0.5) is 10.1 Å². The van der Waals surface area contributed by atoms with Crippen molar-refractivity contribution < 1.29 is 18.8 Å². The number of piperazine rings is 1. The van der Waals surface area contributed by atoms with Crippen molar-refractivity contribution in [3.05, 3.63) is 30.1 Å². The number of nitrogens with zero attached hydrogens (tertiary/aromatic N) is 2. The molecule has 1 unspecified atom stereocenters. The molecule has 27 heavy (non-hydrogen) atoms.